The minimum absolute atomic E-state index is 0.239. The largest absolute Gasteiger partial charge is 0.396 e. The predicted octanol–water partition coefficient (Wildman–Crippen LogP) is -0.664. The minimum atomic E-state index is -3.01. The number of piperazine rings is 1. The van der Waals surface area contributed by atoms with Gasteiger partial charge in [-0.3, -0.25) is 0 Å². The van der Waals surface area contributed by atoms with E-state index in [1.165, 1.54) is 10.6 Å². The Morgan fingerprint density at radius 1 is 1.13 bits per heavy atom. The van der Waals surface area contributed by atoms with Gasteiger partial charge in [0.2, 0.25) is 10.0 Å². The molecule has 0 aliphatic carbocycles. The maximum absolute atomic E-state index is 11.2. The second kappa shape index (κ2) is 5.79. The van der Waals surface area contributed by atoms with Crippen LogP contribution in [-0.4, -0.2) is 68.3 Å². The Labute approximate surface area is 91.7 Å². The summed E-state index contributed by atoms with van der Waals surface area (Å²) in [5.41, 5.74) is 0. The molecule has 0 unspecified atom stereocenters. The number of aliphatic hydroxyl groups excluding tert-OH is 1. The first-order valence-electron chi connectivity index (χ1n) is 5.32. The zero-order chi connectivity index (χ0) is 11.3. The van der Waals surface area contributed by atoms with Crippen LogP contribution >= 0.6 is 0 Å². The van der Waals surface area contributed by atoms with Gasteiger partial charge in [-0.1, -0.05) is 0 Å². The van der Waals surface area contributed by atoms with E-state index in [9.17, 15) is 8.42 Å². The molecule has 1 N–H and O–H groups in total. The molecule has 6 heteroatoms. The van der Waals surface area contributed by atoms with Gasteiger partial charge >= 0.3 is 0 Å². The van der Waals surface area contributed by atoms with Crippen LogP contribution in [0.15, 0.2) is 0 Å². The van der Waals surface area contributed by atoms with Crippen LogP contribution in [-0.2, 0) is 10.0 Å². The third-order valence-electron chi connectivity index (χ3n) is 2.68. The highest BCUT2D eigenvalue weighted by Gasteiger charge is 2.22. The molecule has 1 aliphatic rings. The van der Waals surface area contributed by atoms with Crippen molar-refractivity contribution in [3.63, 3.8) is 0 Å². The van der Waals surface area contributed by atoms with E-state index >= 15 is 0 Å². The molecule has 0 spiro atoms. The molecule has 0 atom stereocenters. The Kier molecular flexibility index (Phi) is 4.98. The van der Waals surface area contributed by atoms with Crippen molar-refractivity contribution in [3.05, 3.63) is 0 Å². The van der Waals surface area contributed by atoms with Crippen LogP contribution in [0.3, 0.4) is 0 Å². The summed E-state index contributed by atoms with van der Waals surface area (Å²) in [6.07, 6.45) is 3.07. The zero-order valence-corrected chi connectivity index (χ0v) is 10.0. The molecule has 1 rings (SSSR count). The molecule has 0 aromatic heterocycles. The van der Waals surface area contributed by atoms with Crippen LogP contribution in [0.4, 0.5) is 0 Å². The molecule has 0 bridgehead atoms. The fourth-order valence-corrected chi connectivity index (χ4v) is 2.56. The highest BCUT2D eigenvalue weighted by Crippen LogP contribution is 2.06. The van der Waals surface area contributed by atoms with E-state index in [-0.39, 0.29) is 6.61 Å². The van der Waals surface area contributed by atoms with E-state index in [1.54, 1.807) is 0 Å². The summed E-state index contributed by atoms with van der Waals surface area (Å²) in [7, 11) is -3.01. The van der Waals surface area contributed by atoms with Crippen molar-refractivity contribution < 1.29 is 13.5 Å². The zero-order valence-electron chi connectivity index (χ0n) is 9.22. The van der Waals surface area contributed by atoms with Gasteiger partial charge in [0.05, 0.1) is 6.26 Å². The molecule has 90 valence electrons. The fourth-order valence-electron chi connectivity index (χ4n) is 1.73. The summed E-state index contributed by atoms with van der Waals surface area (Å²) >= 11 is 0. The molecule has 0 aromatic rings. The van der Waals surface area contributed by atoms with Crippen LogP contribution in [0.5, 0.6) is 0 Å². The lowest BCUT2D eigenvalue weighted by Crippen LogP contribution is -2.48. The van der Waals surface area contributed by atoms with Crippen molar-refractivity contribution in [2.45, 2.75) is 12.8 Å². The standard InChI is InChI=1S/C9H20N2O3S/c1-15(13,14)11-7-5-10(6-8-11)4-2-3-9-12/h12H,2-9H2,1H3. The Hall–Kier alpha value is -0.170. The maximum Gasteiger partial charge on any atom is 0.211 e. The number of rotatable bonds is 5. The molecular weight excluding hydrogens is 216 g/mol. The summed E-state index contributed by atoms with van der Waals surface area (Å²) in [5.74, 6) is 0. The van der Waals surface area contributed by atoms with Crippen LogP contribution in [0, 0.1) is 0 Å². The topological polar surface area (TPSA) is 60.9 Å². The Morgan fingerprint density at radius 3 is 2.20 bits per heavy atom. The lowest BCUT2D eigenvalue weighted by molar-refractivity contribution is 0.180. The normalized spacial score (nSPS) is 20.7. The Bertz CT molecular complexity index is 271. The number of hydrogen-bond acceptors (Lipinski definition) is 4. The van der Waals surface area contributed by atoms with Gasteiger partial charge in [0.15, 0.2) is 0 Å². The molecule has 1 heterocycles. The molecular formula is C9H20N2O3S. The molecule has 1 aliphatic heterocycles. The molecule has 0 saturated carbocycles. The van der Waals surface area contributed by atoms with E-state index in [0.29, 0.717) is 13.1 Å². The number of sulfonamides is 1. The first kappa shape index (κ1) is 12.9. The monoisotopic (exact) mass is 236 g/mol. The SMILES string of the molecule is CS(=O)(=O)N1CCN(CCCCO)CC1. The van der Waals surface area contributed by atoms with Gasteiger partial charge in [-0.15, -0.1) is 0 Å². The molecule has 15 heavy (non-hydrogen) atoms. The van der Waals surface area contributed by atoms with Gasteiger partial charge in [0.1, 0.15) is 0 Å². The third kappa shape index (κ3) is 4.46. The summed E-state index contributed by atoms with van der Waals surface area (Å²) in [6, 6.07) is 0. The number of nitrogens with zero attached hydrogens (tertiary/aromatic N) is 2. The third-order valence-corrected chi connectivity index (χ3v) is 3.99. The summed E-state index contributed by atoms with van der Waals surface area (Å²) < 4.78 is 24.0. The van der Waals surface area contributed by atoms with Crippen molar-refractivity contribution in [1.82, 2.24) is 9.21 Å². The first-order valence-corrected chi connectivity index (χ1v) is 7.17. The number of hydrogen-bond donors (Lipinski definition) is 1. The maximum atomic E-state index is 11.2. The van der Waals surface area contributed by atoms with Crippen molar-refractivity contribution >= 4 is 10.0 Å². The highest BCUT2D eigenvalue weighted by molar-refractivity contribution is 7.88. The van der Waals surface area contributed by atoms with E-state index in [2.05, 4.69) is 4.90 Å². The number of aliphatic hydroxyl groups is 1. The van der Waals surface area contributed by atoms with Crippen molar-refractivity contribution in [2.24, 2.45) is 0 Å². The van der Waals surface area contributed by atoms with Crippen LogP contribution < -0.4 is 0 Å². The van der Waals surface area contributed by atoms with Crippen LogP contribution in [0.1, 0.15) is 12.8 Å². The van der Waals surface area contributed by atoms with Crippen LogP contribution in [0.25, 0.3) is 0 Å². The second-order valence-electron chi connectivity index (χ2n) is 3.93. The smallest absolute Gasteiger partial charge is 0.211 e. The summed E-state index contributed by atoms with van der Waals surface area (Å²) in [6.45, 7) is 3.99. The Morgan fingerprint density at radius 2 is 1.73 bits per heavy atom. The minimum Gasteiger partial charge on any atom is -0.396 e. The molecule has 0 radical (unpaired) electrons. The second-order valence-corrected chi connectivity index (χ2v) is 5.92. The van der Waals surface area contributed by atoms with Gasteiger partial charge in [0.25, 0.3) is 0 Å². The van der Waals surface area contributed by atoms with Gasteiger partial charge in [0, 0.05) is 32.8 Å². The van der Waals surface area contributed by atoms with E-state index < -0.39 is 10.0 Å². The lowest BCUT2D eigenvalue weighted by atomic mass is 10.3. The van der Waals surface area contributed by atoms with E-state index in [1.807, 2.05) is 0 Å². The van der Waals surface area contributed by atoms with Gasteiger partial charge in [-0.2, -0.15) is 4.31 Å². The highest BCUT2D eigenvalue weighted by atomic mass is 32.2. The molecule has 5 nitrogen and oxygen atoms in total. The van der Waals surface area contributed by atoms with E-state index in [4.69, 9.17) is 5.11 Å². The summed E-state index contributed by atoms with van der Waals surface area (Å²) in [5, 5.41) is 8.64. The van der Waals surface area contributed by atoms with E-state index in [0.717, 1.165) is 32.5 Å². The first-order chi connectivity index (χ1) is 7.04. The average Bonchev–Trinajstić information content (AvgIpc) is 2.18. The van der Waals surface area contributed by atoms with Gasteiger partial charge in [-0.25, -0.2) is 8.42 Å². The fraction of sp³-hybridized carbons (Fsp3) is 1.00. The van der Waals surface area contributed by atoms with Gasteiger partial charge < -0.3 is 10.0 Å². The molecule has 0 aromatic carbocycles. The van der Waals surface area contributed by atoms with Crippen LogP contribution in [0.2, 0.25) is 0 Å². The quantitative estimate of drug-likeness (QED) is 0.644. The average molecular weight is 236 g/mol. The van der Waals surface area contributed by atoms with Crippen molar-refractivity contribution in [1.29, 1.82) is 0 Å². The number of unbranched alkanes of at least 4 members (excludes halogenated alkanes) is 1. The predicted molar refractivity (Wildman–Crippen MR) is 59.2 cm³/mol. The van der Waals surface area contributed by atoms with Crippen molar-refractivity contribution in [2.75, 3.05) is 45.6 Å². The van der Waals surface area contributed by atoms with Crippen molar-refractivity contribution in [3.8, 4) is 0 Å². The molecule has 0 amide bonds. The molecule has 1 fully saturated rings. The molecule has 1 saturated heterocycles. The summed E-state index contributed by atoms with van der Waals surface area (Å²) in [4.78, 5) is 2.25. The Balaban J connectivity index is 2.24. The van der Waals surface area contributed by atoms with Gasteiger partial charge in [-0.05, 0) is 19.4 Å². The lowest BCUT2D eigenvalue weighted by Gasteiger charge is -2.33.